The van der Waals surface area contributed by atoms with Gasteiger partial charge in [-0.3, -0.25) is 9.69 Å². The maximum Gasteiger partial charge on any atom is 0.251 e. The van der Waals surface area contributed by atoms with Crippen LogP contribution in [0, 0.1) is 0 Å². The molecule has 1 fully saturated rings. The number of hydrogen-bond acceptors (Lipinski definition) is 5. The molecule has 2 aliphatic heterocycles. The van der Waals surface area contributed by atoms with Crippen molar-refractivity contribution in [2.45, 2.75) is 38.4 Å². The molecule has 1 saturated heterocycles. The minimum Gasteiger partial charge on any atom is -0.492 e. The molecule has 0 aliphatic carbocycles. The molecule has 0 aromatic heterocycles. The van der Waals surface area contributed by atoms with Crippen LogP contribution in [-0.2, 0) is 24.2 Å². The summed E-state index contributed by atoms with van der Waals surface area (Å²) in [7, 11) is 2.16. The third-order valence-corrected chi connectivity index (χ3v) is 7.50. The minimum absolute atomic E-state index is 0.0695. The van der Waals surface area contributed by atoms with Gasteiger partial charge in [0.15, 0.2) is 0 Å². The summed E-state index contributed by atoms with van der Waals surface area (Å²) >= 11 is 0. The lowest BCUT2D eigenvalue weighted by Gasteiger charge is -2.31. The zero-order valence-electron chi connectivity index (χ0n) is 21.7. The summed E-state index contributed by atoms with van der Waals surface area (Å²) in [5, 5.41) is 3.04. The van der Waals surface area contributed by atoms with E-state index in [0.717, 1.165) is 69.1 Å². The normalized spacial score (nSPS) is 15.9. The van der Waals surface area contributed by atoms with Gasteiger partial charge in [0.05, 0.1) is 0 Å². The molecule has 0 saturated carbocycles. The van der Waals surface area contributed by atoms with Crippen LogP contribution < -0.4 is 15.0 Å². The Bertz CT molecular complexity index is 1170. The first-order chi connectivity index (χ1) is 18.2. The van der Waals surface area contributed by atoms with Crippen LogP contribution in [0.3, 0.4) is 0 Å². The maximum absolute atomic E-state index is 12.8. The number of likely N-dealkylation sites (N-methyl/N-ethyl adjacent to an activating group) is 1. The van der Waals surface area contributed by atoms with Crippen molar-refractivity contribution >= 4 is 11.6 Å². The van der Waals surface area contributed by atoms with Crippen molar-refractivity contribution in [1.82, 2.24) is 10.2 Å². The number of anilines is 1. The molecule has 37 heavy (non-hydrogen) atoms. The lowest BCUT2D eigenvalue weighted by atomic mass is 9.99. The first-order valence-corrected chi connectivity index (χ1v) is 13.4. The molecule has 194 valence electrons. The van der Waals surface area contributed by atoms with E-state index in [1.165, 1.54) is 11.1 Å². The maximum atomic E-state index is 12.8. The van der Waals surface area contributed by atoms with E-state index in [1.54, 1.807) is 0 Å². The number of carbonyl (C=O) groups excluding carboxylic acids is 1. The number of amides is 1. The number of hydrogen-bond donors (Lipinski definition) is 1. The van der Waals surface area contributed by atoms with Crippen LogP contribution in [0.2, 0.25) is 0 Å². The lowest BCUT2D eigenvalue weighted by molar-refractivity contribution is 0.0392. The Morgan fingerprint density at radius 2 is 1.81 bits per heavy atom. The zero-order valence-corrected chi connectivity index (χ0v) is 21.7. The van der Waals surface area contributed by atoms with Crippen LogP contribution in [0.5, 0.6) is 5.75 Å². The fraction of sp³-hybridized carbons (Fsp3) is 0.387. The van der Waals surface area contributed by atoms with Crippen LogP contribution >= 0.6 is 0 Å². The summed E-state index contributed by atoms with van der Waals surface area (Å²) in [6.45, 7) is 5.58. The molecule has 0 bridgehead atoms. The second-order valence-electron chi connectivity index (χ2n) is 9.99. The quantitative estimate of drug-likeness (QED) is 0.464. The number of ether oxygens (including phenoxy) is 2. The molecule has 1 N–H and O–H groups in total. The Kier molecular flexibility index (Phi) is 8.39. The van der Waals surface area contributed by atoms with Crippen LogP contribution in [0.4, 0.5) is 5.69 Å². The molecule has 0 unspecified atom stereocenters. The van der Waals surface area contributed by atoms with Crippen LogP contribution in [0.25, 0.3) is 0 Å². The fourth-order valence-electron chi connectivity index (χ4n) is 5.19. The third-order valence-electron chi connectivity index (χ3n) is 7.50. The topological polar surface area (TPSA) is 54.0 Å². The molecule has 3 aromatic carbocycles. The third kappa shape index (κ3) is 6.70. The molecule has 6 heteroatoms. The monoisotopic (exact) mass is 499 g/mol. The molecule has 1 amide bonds. The standard InChI is InChI=1S/C31H37N3O3/c1-33(28-14-18-36-19-15-28)17-20-37-30-8-4-5-24(21-30)22-32-31(35)26-9-11-29(12-10-26)34-16-13-25-6-2-3-7-27(25)23-34/h2-12,21,28H,13-20,22-23H2,1H3,(H,32,35). The van der Waals surface area contributed by atoms with Gasteiger partial charge in [0, 0.05) is 56.7 Å². The molecule has 6 nitrogen and oxygen atoms in total. The number of fused-ring (bicyclic) bond motifs is 1. The Balaban J connectivity index is 1.09. The zero-order chi connectivity index (χ0) is 25.5. The van der Waals surface area contributed by atoms with Crippen molar-refractivity contribution in [3.63, 3.8) is 0 Å². The van der Waals surface area contributed by atoms with E-state index >= 15 is 0 Å². The van der Waals surface area contributed by atoms with Gasteiger partial charge in [0.1, 0.15) is 12.4 Å². The van der Waals surface area contributed by atoms with Crippen LogP contribution in [-0.4, -0.2) is 56.8 Å². The second kappa shape index (κ2) is 12.3. The van der Waals surface area contributed by atoms with Gasteiger partial charge in [-0.05, 0) is 79.4 Å². The van der Waals surface area contributed by atoms with E-state index in [0.29, 0.717) is 24.8 Å². The van der Waals surface area contributed by atoms with Gasteiger partial charge < -0.3 is 19.7 Å². The van der Waals surface area contributed by atoms with E-state index in [-0.39, 0.29) is 5.91 Å². The highest BCUT2D eigenvalue weighted by Crippen LogP contribution is 2.24. The first-order valence-electron chi connectivity index (χ1n) is 13.4. The van der Waals surface area contributed by atoms with Gasteiger partial charge in [-0.2, -0.15) is 0 Å². The Labute approximate surface area is 220 Å². The van der Waals surface area contributed by atoms with Gasteiger partial charge in [-0.1, -0.05) is 36.4 Å². The molecule has 0 spiro atoms. The highest BCUT2D eigenvalue weighted by molar-refractivity contribution is 5.94. The summed E-state index contributed by atoms with van der Waals surface area (Å²) in [4.78, 5) is 17.5. The van der Waals surface area contributed by atoms with Gasteiger partial charge in [-0.25, -0.2) is 0 Å². The highest BCUT2D eigenvalue weighted by Gasteiger charge is 2.18. The Hall–Kier alpha value is -3.35. The SMILES string of the molecule is CN(CCOc1cccc(CNC(=O)c2ccc(N3CCc4ccccc4C3)cc2)c1)C1CCOCC1. The molecule has 2 heterocycles. The van der Waals surface area contributed by atoms with E-state index in [1.807, 2.05) is 36.4 Å². The lowest BCUT2D eigenvalue weighted by Crippen LogP contribution is -2.38. The Morgan fingerprint density at radius 1 is 1.03 bits per heavy atom. The summed E-state index contributed by atoms with van der Waals surface area (Å²) in [5.74, 6) is 0.763. The predicted molar refractivity (Wildman–Crippen MR) is 147 cm³/mol. The summed E-state index contributed by atoms with van der Waals surface area (Å²) < 4.78 is 11.5. The molecule has 5 rings (SSSR count). The van der Waals surface area contributed by atoms with Crippen molar-refractivity contribution in [2.24, 2.45) is 0 Å². The summed E-state index contributed by atoms with van der Waals surface area (Å²) in [6.07, 6.45) is 3.22. The average molecular weight is 500 g/mol. The summed E-state index contributed by atoms with van der Waals surface area (Å²) in [5.41, 5.74) is 5.66. The number of rotatable bonds is 9. The minimum atomic E-state index is -0.0695. The van der Waals surface area contributed by atoms with E-state index in [9.17, 15) is 4.79 Å². The molecular formula is C31H37N3O3. The average Bonchev–Trinajstić information content (AvgIpc) is 2.96. The van der Waals surface area contributed by atoms with Crippen molar-refractivity contribution in [2.75, 3.05) is 44.9 Å². The van der Waals surface area contributed by atoms with E-state index in [4.69, 9.17) is 9.47 Å². The van der Waals surface area contributed by atoms with Crippen molar-refractivity contribution in [3.8, 4) is 5.75 Å². The largest absolute Gasteiger partial charge is 0.492 e. The molecule has 2 aliphatic rings. The van der Waals surface area contributed by atoms with Crippen LogP contribution in [0.15, 0.2) is 72.8 Å². The predicted octanol–water partition coefficient (Wildman–Crippen LogP) is 4.67. The fourth-order valence-corrected chi connectivity index (χ4v) is 5.19. The van der Waals surface area contributed by atoms with Gasteiger partial charge in [-0.15, -0.1) is 0 Å². The smallest absolute Gasteiger partial charge is 0.251 e. The van der Waals surface area contributed by atoms with Gasteiger partial charge in [0.25, 0.3) is 5.91 Å². The van der Waals surface area contributed by atoms with Crippen molar-refractivity contribution in [1.29, 1.82) is 0 Å². The van der Waals surface area contributed by atoms with E-state index < -0.39 is 0 Å². The Morgan fingerprint density at radius 3 is 2.62 bits per heavy atom. The molecular weight excluding hydrogens is 462 g/mol. The number of nitrogens with zero attached hydrogens (tertiary/aromatic N) is 2. The first kappa shape index (κ1) is 25.3. The summed E-state index contributed by atoms with van der Waals surface area (Å²) in [6, 6.07) is 25.1. The van der Waals surface area contributed by atoms with Crippen LogP contribution in [0.1, 0.15) is 39.9 Å². The molecule has 0 atom stereocenters. The van der Waals surface area contributed by atoms with Crippen molar-refractivity contribution < 1.29 is 14.3 Å². The van der Waals surface area contributed by atoms with Crippen molar-refractivity contribution in [3.05, 3.63) is 95.1 Å². The number of nitrogens with one attached hydrogen (secondary N) is 1. The highest BCUT2D eigenvalue weighted by atomic mass is 16.5. The molecule has 0 radical (unpaired) electrons. The molecule has 3 aromatic rings. The van der Waals surface area contributed by atoms with Gasteiger partial charge in [0.2, 0.25) is 0 Å². The number of carbonyl (C=O) groups is 1. The number of benzene rings is 3. The second-order valence-corrected chi connectivity index (χ2v) is 9.99. The van der Waals surface area contributed by atoms with E-state index in [2.05, 4.69) is 58.6 Å². The van der Waals surface area contributed by atoms with Gasteiger partial charge >= 0.3 is 0 Å².